The van der Waals surface area contributed by atoms with Crippen molar-refractivity contribution in [3.63, 3.8) is 0 Å². The van der Waals surface area contributed by atoms with Gasteiger partial charge in [-0.15, -0.1) is 0 Å². The zero-order valence-corrected chi connectivity index (χ0v) is 13.3. The van der Waals surface area contributed by atoms with Crippen LogP contribution < -0.4 is 5.73 Å². The lowest BCUT2D eigenvalue weighted by Gasteiger charge is -2.29. The molecule has 1 unspecified atom stereocenters. The minimum absolute atomic E-state index is 0.344. The molecule has 0 aliphatic carbocycles. The smallest absolute Gasteiger partial charge is 0.0470 e. The van der Waals surface area contributed by atoms with Crippen LogP contribution in [0.4, 0.5) is 0 Å². The lowest BCUT2D eigenvalue weighted by atomic mass is 9.95. The fraction of sp³-hybridized carbons (Fsp3) is 0.647. The summed E-state index contributed by atoms with van der Waals surface area (Å²) in [5.41, 5.74) is 11.5. The number of nitrogens with zero attached hydrogens (tertiary/aromatic N) is 1. The molecular weight excluding hydrogens is 232 g/mol. The van der Waals surface area contributed by atoms with Gasteiger partial charge in [-0.1, -0.05) is 31.9 Å². The molecule has 19 heavy (non-hydrogen) atoms. The summed E-state index contributed by atoms with van der Waals surface area (Å²) in [5.74, 6) is 0. The molecule has 0 fully saturated rings. The summed E-state index contributed by atoms with van der Waals surface area (Å²) in [4.78, 5) is 2.41. The first-order valence-corrected chi connectivity index (χ1v) is 7.49. The maximum atomic E-state index is 6.03. The number of hydrogen-bond donors (Lipinski definition) is 1. The third kappa shape index (κ3) is 4.32. The van der Waals surface area contributed by atoms with E-state index in [9.17, 15) is 0 Å². The molecule has 0 aliphatic heterocycles. The van der Waals surface area contributed by atoms with Crippen molar-refractivity contribution >= 4 is 0 Å². The average Bonchev–Trinajstić information content (AvgIpc) is 2.36. The fourth-order valence-corrected chi connectivity index (χ4v) is 2.65. The van der Waals surface area contributed by atoms with Gasteiger partial charge in [-0.2, -0.15) is 0 Å². The number of likely N-dealkylation sites (N-methyl/N-ethyl adjacent to an activating group) is 1. The summed E-state index contributed by atoms with van der Waals surface area (Å²) in [7, 11) is 2.20. The van der Waals surface area contributed by atoms with E-state index in [0.717, 1.165) is 6.54 Å². The van der Waals surface area contributed by atoms with Gasteiger partial charge in [0, 0.05) is 12.6 Å². The van der Waals surface area contributed by atoms with Gasteiger partial charge >= 0.3 is 0 Å². The molecule has 0 saturated carbocycles. The van der Waals surface area contributed by atoms with Crippen LogP contribution in [-0.2, 0) is 0 Å². The zero-order chi connectivity index (χ0) is 14.4. The monoisotopic (exact) mass is 262 g/mol. The Kier molecular flexibility index (Phi) is 6.53. The summed E-state index contributed by atoms with van der Waals surface area (Å²) in [6, 6.07) is 4.95. The molecular formula is C17H30N2. The second kappa shape index (κ2) is 7.66. The largest absolute Gasteiger partial charge is 0.329 e. The molecule has 0 radical (unpaired) electrons. The molecule has 0 heterocycles. The van der Waals surface area contributed by atoms with Gasteiger partial charge in [0.15, 0.2) is 0 Å². The van der Waals surface area contributed by atoms with Crippen molar-refractivity contribution < 1.29 is 0 Å². The highest BCUT2D eigenvalue weighted by atomic mass is 15.1. The second-order valence-electron chi connectivity index (χ2n) is 5.73. The van der Waals surface area contributed by atoms with E-state index in [1.165, 1.54) is 41.5 Å². The van der Waals surface area contributed by atoms with Gasteiger partial charge in [0.2, 0.25) is 0 Å². The van der Waals surface area contributed by atoms with E-state index in [0.29, 0.717) is 12.6 Å². The molecule has 1 atom stereocenters. The first-order valence-electron chi connectivity index (χ1n) is 7.49. The summed E-state index contributed by atoms with van der Waals surface area (Å²) >= 11 is 0. The number of hydrogen-bond acceptors (Lipinski definition) is 2. The first kappa shape index (κ1) is 16.2. The number of benzene rings is 1. The highest BCUT2D eigenvalue weighted by molar-refractivity contribution is 5.38. The van der Waals surface area contributed by atoms with Crippen molar-refractivity contribution in [2.75, 3.05) is 20.1 Å². The van der Waals surface area contributed by atoms with Crippen molar-refractivity contribution in [2.24, 2.45) is 5.73 Å². The van der Waals surface area contributed by atoms with Gasteiger partial charge in [-0.05, 0) is 63.0 Å². The zero-order valence-electron chi connectivity index (χ0n) is 13.3. The number of nitrogens with two attached hydrogens (primary N) is 1. The lowest BCUT2D eigenvalue weighted by Crippen LogP contribution is -2.32. The van der Waals surface area contributed by atoms with Gasteiger partial charge in [-0.25, -0.2) is 0 Å². The van der Waals surface area contributed by atoms with Crippen LogP contribution in [-0.4, -0.2) is 25.0 Å². The third-order valence-electron chi connectivity index (χ3n) is 4.11. The van der Waals surface area contributed by atoms with Gasteiger partial charge in [0.05, 0.1) is 0 Å². The maximum Gasteiger partial charge on any atom is 0.0470 e. The van der Waals surface area contributed by atoms with Crippen LogP contribution in [0.2, 0.25) is 0 Å². The van der Waals surface area contributed by atoms with Crippen molar-refractivity contribution in [1.82, 2.24) is 4.90 Å². The predicted molar refractivity (Wildman–Crippen MR) is 84.6 cm³/mol. The van der Waals surface area contributed by atoms with Crippen LogP contribution >= 0.6 is 0 Å². The van der Waals surface area contributed by atoms with Crippen LogP contribution in [0.3, 0.4) is 0 Å². The van der Waals surface area contributed by atoms with E-state index in [2.05, 4.69) is 51.8 Å². The Balaban J connectivity index is 2.87. The predicted octanol–water partition coefficient (Wildman–Crippen LogP) is 3.73. The maximum absolute atomic E-state index is 6.03. The number of unbranched alkanes of at least 4 members (excludes halogenated alkanes) is 2. The Morgan fingerprint density at radius 3 is 2.26 bits per heavy atom. The molecule has 2 heteroatoms. The second-order valence-corrected chi connectivity index (χ2v) is 5.73. The normalized spacial score (nSPS) is 13.0. The van der Waals surface area contributed by atoms with Crippen LogP contribution in [0, 0.1) is 20.8 Å². The highest BCUT2D eigenvalue weighted by Gasteiger charge is 2.17. The molecule has 0 saturated heterocycles. The summed E-state index contributed by atoms with van der Waals surface area (Å²) in [5, 5.41) is 0. The molecule has 0 bridgehead atoms. The van der Waals surface area contributed by atoms with Crippen molar-refractivity contribution in [3.05, 3.63) is 34.4 Å². The lowest BCUT2D eigenvalue weighted by molar-refractivity contribution is 0.244. The van der Waals surface area contributed by atoms with Crippen molar-refractivity contribution in [3.8, 4) is 0 Å². The van der Waals surface area contributed by atoms with Crippen LogP contribution in [0.15, 0.2) is 12.1 Å². The van der Waals surface area contributed by atoms with Crippen molar-refractivity contribution in [1.29, 1.82) is 0 Å². The highest BCUT2D eigenvalue weighted by Crippen LogP contribution is 2.25. The Labute approximate surface area is 119 Å². The molecule has 108 valence electrons. The van der Waals surface area contributed by atoms with E-state index in [1.807, 2.05) is 0 Å². The Morgan fingerprint density at radius 1 is 1.05 bits per heavy atom. The first-order chi connectivity index (χ1) is 9.01. The van der Waals surface area contributed by atoms with Gasteiger partial charge in [-0.3, -0.25) is 4.90 Å². The van der Waals surface area contributed by atoms with Crippen molar-refractivity contribution in [2.45, 2.75) is 53.0 Å². The fourth-order valence-electron chi connectivity index (χ4n) is 2.65. The summed E-state index contributed by atoms with van der Waals surface area (Å²) in [6.07, 6.45) is 3.82. The van der Waals surface area contributed by atoms with E-state index >= 15 is 0 Å². The third-order valence-corrected chi connectivity index (χ3v) is 4.11. The standard InChI is InChI=1S/C17H30N2/c1-6-7-8-9-19(5)17(12-18)16-11-14(3)13(2)10-15(16)4/h10-11,17H,6-9,12,18H2,1-5H3. The average molecular weight is 262 g/mol. The summed E-state index contributed by atoms with van der Waals surface area (Å²) in [6.45, 7) is 10.6. The minimum Gasteiger partial charge on any atom is -0.329 e. The minimum atomic E-state index is 0.344. The molecule has 1 rings (SSSR count). The Bertz CT molecular complexity index is 398. The van der Waals surface area contributed by atoms with E-state index < -0.39 is 0 Å². The molecule has 0 aromatic heterocycles. The molecule has 2 N–H and O–H groups in total. The molecule has 0 spiro atoms. The van der Waals surface area contributed by atoms with E-state index in [-0.39, 0.29) is 0 Å². The van der Waals surface area contributed by atoms with Crippen LogP contribution in [0.25, 0.3) is 0 Å². The molecule has 0 aliphatic rings. The Hall–Kier alpha value is -0.860. The molecule has 0 amide bonds. The van der Waals surface area contributed by atoms with Crippen LogP contribution in [0.1, 0.15) is 54.5 Å². The van der Waals surface area contributed by atoms with Crippen LogP contribution in [0.5, 0.6) is 0 Å². The van der Waals surface area contributed by atoms with Gasteiger partial charge < -0.3 is 5.73 Å². The number of rotatable bonds is 7. The molecule has 2 nitrogen and oxygen atoms in total. The molecule has 1 aromatic carbocycles. The van der Waals surface area contributed by atoms with E-state index in [4.69, 9.17) is 5.73 Å². The quantitative estimate of drug-likeness (QED) is 0.759. The molecule has 1 aromatic rings. The van der Waals surface area contributed by atoms with Gasteiger partial charge in [0.1, 0.15) is 0 Å². The Morgan fingerprint density at radius 2 is 1.68 bits per heavy atom. The SMILES string of the molecule is CCCCCN(C)C(CN)c1cc(C)c(C)cc1C. The topological polar surface area (TPSA) is 29.3 Å². The van der Waals surface area contributed by atoms with Gasteiger partial charge in [0.25, 0.3) is 0 Å². The van der Waals surface area contributed by atoms with E-state index in [1.54, 1.807) is 0 Å². The number of aryl methyl sites for hydroxylation is 3. The summed E-state index contributed by atoms with van der Waals surface area (Å²) < 4.78 is 0.